The van der Waals surface area contributed by atoms with Gasteiger partial charge in [-0.2, -0.15) is 0 Å². The maximum Gasteiger partial charge on any atom is 0.0431 e. The van der Waals surface area contributed by atoms with Crippen molar-refractivity contribution in [1.82, 2.24) is 5.32 Å². The molecule has 96 valence electrons. The van der Waals surface area contributed by atoms with E-state index in [4.69, 9.17) is 5.11 Å². The van der Waals surface area contributed by atoms with Crippen LogP contribution < -0.4 is 5.32 Å². The van der Waals surface area contributed by atoms with Crippen LogP contribution in [0.15, 0.2) is 24.3 Å². The molecule has 0 saturated carbocycles. The summed E-state index contributed by atoms with van der Waals surface area (Å²) < 4.78 is 0. The second-order valence-electron chi connectivity index (χ2n) is 4.63. The molecular weight excluding hydrogens is 210 g/mol. The lowest BCUT2D eigenvalue weighted by Crippen LogP contribution is -2.18. The second-order valence-corrected chi connectivity index (χ2v) is 4.63. The van der Waals surface area contributed by atoms with Crippen molar-refractivity contribution in [3.05, 3.63) is 35.4 Å². The van der Waals surface area contributed by atoms with E-state index in [1.165, 1.54) is 24.0 Å². The Morgan fingerprint density at radius 3 is 2.65 bits per heavy atom. The Bertz CT molecular complexity index is 299. The van der Waals surface area contributed by atoms with Gasteiger partial charge in [0.15, 0.2) is 0 Å². The van der Waals surface area contributed by atoms with Gasteiger partial charge in [-0.1, -0.05) is 42.7 Å². The Balaban J connectivity index is 1.97. The Morgan fingerprint density at radius 2 is 1.88 bits per heavy atom. The van der Waals surface area contributed by atoms with Gasteiger partial charge in [0.1, 0.15) is 0 Å². The van der Waals surface area contributed by atoms with Crippen LogP contribution in [-0.4, -0.2) is 24.8 Å². The lowest BCUT2D eigenvalue weighted by molar-refractivity contribution is 0.282. The van der Waals surface area contributed by atoms with Crippen LogP contribution >= 0.6 is 0 Å². The molecule has 0 amide bonds. The van der Waals surface area contributed by atoms with E-state index in [1.54, 1.807) is 0 Å². The van der Waals surface area contributed by atoms with E-state index in [1.807, 2.05) is 0 Å². The molecule has 1 rings (SSSR count). The third-order valence-electron chi connectivity index (χ3n) is 2.93. The van der Waals surface area contributed by atoms with Crippen molar-refractivity contribution >= 4 is 0 Å². The van der Waals surface area contributed by atoms with Gasteiger partial charge < -0.3 is 10.4 Å². The molecule has 0 aliphatic heterocycles. The van der Waals surface area contributed by atoms with Gasteiger partial charge in [0, 0.05) is 6.61 Å². The highest BCUT2D eigenvalue weighted by Gasteiger charge is 1.93. The smallest absolute Gasteiger partial charge is 0.0431 e. The molecule has 0 bridgehead atoms. The molecule has 0 aromatic heterocycles. The topological polar surface area (TPSA) is 32.3 Å². The van der Waals surface area contributed by atoms with Crippen LogP contribution in [-0.2, 0) is 6.42 Å². The van der Waals surface area contributed by atoms with Gasteiger partial charge in [0.25, 0.3) is 0 Å². The van der Waals surface area contributed by atoms with E-state index in [2.05, 4.69) is 36.5 Å². The molecule has 0 fully saturated rings. The summed E-state index contributed by atoms with van der Waals surface area (Å²) in [5, 5.41) is 12.1. The predicted molar refractivity (Wildman–Crippen MR) is 73.3 cm³/mol. The number of benzene rings is 1. The van der Waals surface area contributed by atoms with Gasteiger partial charge in [0.2, 0.25) is 0 Å². The summed E-state index contributed by atoms with van der Waals surface area (Å²) in [6.07, 6.45) is 5.64. The minimum Gasteiger partial charge on any atom is -0.396 e. The van der Waals surface area contributed by atoms with Gasteiger partial charge in [0.05, 0.1) is 0 Å². The van der Waals surface area contributed by atoms with Crippen LogP contribution in [0.25, 0.3) is 0 Å². The second kappa shape index (κ2) is 9.20. The summed E-state index contributed by atoms with van der Waals surface area (Å²) in [7, 11) is 0. The standard InChI is InChI=1S/C15H25NO/c1-14-7-6-8-15(13-14)9-11-16-10-4-2-3-5-12-17/h6-8,13,16-17H,2-5,9-12H2,1H3. The minimum absolute atomic E-state index is 0.334. The van der Waals surface area contributed by atoms with Gasteiger partial charge in [-0.15, -0.1) is 0 Å². The van der Waals surface area contributed by atoms with E-state index in [0.29, 0.717) is 6.61 Å². The van der Waals surface area contributed by atoms with Gasteiger partial charge in [-0.05, 0) is 44.8 Å². The summed E-state index contributed by atoms with van der Waals surface area (Å²) in [5.41, 5.74) is 2.75. The predicted octanol–water partition coefficient (Wildman–Crippen LogP) is 2.68. The highest BCUT2D eigenvalue weighted by molar-refractivity contribution is 5.22. The normalized spacial score (nSPS) is 10.7. The van der Waals surface area contributed by atoms with E-state index < -0.39 is 0 Å². The molecule has 1 aromatic rings. The highest BCUT2D eigenvalue weighted by Crippen LogP contribution is 2.04. The van der Waals surface area contributed by atoms with Crippen molar-refractivity contribution in [3.8, 4) is 0 Å². The molecule has 0 aliphatic rings. The number of aliphatic hydroxyl groups is 1. The lowest BCUT2D eigenvalue weighted by Gasteiger charge is -2.05. The van der Waals surface area contributed by atoms with Gasteiger partial charge >= 0.3 is 0 Å². The molecule has 17 heavy (non-hydrogen) atoms. The zero-order valence-corrected chi connectivity index (χ0v) is 10.9. The number of hydrogen-bond acceptors (Lipinski definition) is 2. The van der Waals surface area contributed by atoms with Crippen LogP contribution in [0.1, 0.15) is 36.8 Å². The number of unbranched alkanes of at least 4 members (excludes halogenated alkanes) is 3. The van der Waals surface area contributed by atoms with Gasteiger partial charge in [-0.3, -0.25) is 0 Å². The fourth-order valence-corrected chi connectivity index (χ4v) is 1.94. The lowest BCUT2D eigenvalue weighted by atomic mass is 10.1. The van der Waals surface area contributed by atoms with E-state index >= 15 is 0 Å². The maximum absolute atomic E-state index is 8.64. The molecule has 0 spiro atoms. The summed E-state index contributed by atoms with van der Waals surface area (Å²) >= 11 is 0. The third-order valence-corrected chi connectivity index (χ3v) is 2.93. The summed E-state index contributed by atoms with van der Waals surface area (Å²) in [5.74, 6) is 0. The van der Waals surface area contributed by atoms with Crippen LogP contribution in [0.5, 0.6) is 0 Å². The maximum atomic E-state index is 8.64. The van der Waals surface area contributed by atoms with Gasteiger partial charge in [-0.25, -0.2) is 0 Å². The van der Waals surface area contributed by atoms with Crippen molar-refractivity contribution in [2.24, 2.45) is 0 Å². The largest absolute Gasteiger partial charge is 0.396 e. The quantitative estimate of drug-likeness (QED) is 0.645. The number of nitrogens with one attached hydrogen (secondary N) is 1. The Labute approximate surface area is 105 Å². The van der Waals surface area contributed by atoms with Crippen LogP contribution in [0.2, 0.25) is 0 Å². The first kappa shape index (κ1) is 14.2. The fourth-order valence-electron chi connectivity index (χ4n) is 1.94. The summed E-state index contributed by atoms with van der Waals surface area (Å²) in [6.45, 7) is 4.62. The third kappa shape index (κ3) is 7.14. The molecular formula is C15H25NO. The molecule has 1 aromatic carbocycles. The molecule has 0 radical (unpaired) electrons. The molecule has 0 saturated heterocycles. The SMILES string of the molecule is Cc1cccc(CCNCCCCCCO)c1. The van der Waals surface area contributed by atoms with Crippen LogP contribution in [0, 0.1) is 6.92 Å². The molecule has 2 heteroatoms. The number of aliphatic hydroxyl groups excluding tert-OH is 1. The van der Waals surface area contributed by atoms with Crippen molar-refractivity contribution in [2.45, 2.75) is 39.0 Å². The fraction of sp³-hybridized carbons (Fsp3) is 0.600. The number of rotatable bonds is 9. The Hall–Kier alpha value is -0.860. The number of hydrogen-bond donors (Lipinski definition) is 2. The van der Waals surface area contributed by atoms with Crippen molar-refractivity contribution < 1.29 is 5.11 Å². The molecule has 0 aliphatic carbocycles. The minimum atomic E-state index is 0.334. The van der Waals surface area contributed by atoms with Crippen molar-refractivity contribution in [1.29, 1.82) is 0 Å². The molecule has 0 unspecified atom stereocenters. The van der Waals surface area contributed by atoms with Crippen molar-refractivity contribution in [3.63, 3.8) is 0 Å². The first-order chi connectivity index (χ1) is 8.33. The highest BCUT2D eigenvalue weighted by atomic mass is 16.2. The van der Waals surface area contributed by atoms with E-state index in [-0.39, 0.29) is 0 Å². The summed E-state index contributed by atoms with van der Waals surface area (Å²) in [6, 6.07) is 8.70. The first-order valence-electron chi connectivity index (χ1n) is 6.70. The zero-order chi connectivity index (χ0) is 12.3. The first-order valence-corrected chi connectivity index (χ1v) is 6.70. The zero-order valence-electron chi connectivity index (χ0n) is 10.9. The van der Waals surface area contributed by atoms with Crippen LogP contribution in [0.4, 0.5) is 0 Å². The molecule has 0 heterocycles. The Kier molecular flexibility index (Phi) is 7.69. The average molecular weight is 235 g/mol. The molecule has 2 N–H and O–H groups in total. The van der Waals surface area contributed by atoms with Crippen molar-refractivity contribution in [2.75, 3.05) is 19.7 Å². The average Bonchev–Trinajstić information content (AvgIpc) is 2.33. The summed E-state index contributed by atoms with van der Waals surface area (Å²) in [4.78, 5) is 0. The van der Waals surface area contributed by atoms with Crippen LogP contribution in [0.3, 0.4) is 0 Å². The monoisotopic (exact) mass is 235 g/mol. The molecule has 2 nitrogen and oxygen atoms in total. The number of aryl methyl sites for hydroxylation is 1. The Morgan fingerprint density at radius 1 is 1.06 bits per heavy atom. The van der Waals surface area contributed by atoms with E-state index in [0.717, 1.165) is 32.4 Å². The molecule has 0 atom stereocenters. The van der Waals surface area contributed by atoms with E-state index in [9.17, 15) is 0 Å².